The molecule has 5 fully saturated rings. The summed E-state index contributed by atoms with van der Waals surface area (Å²) in [6.07, 6.45) is 5.71. The Balaban J connectivity index is 1.13. The molecule has 2 unspecified atom stereocenters. The third-order valence-corrected chi connectivity index (χ3v) is 10.1. The van der Waals surface area contributed by atoms with Crippen LogP contribution in [0, 0.1) is 17.0 Å². The van der Waals surface area contributed by atoms with Gasteiger partial charge in [0.2, 0.25) is 0 Å². The van der Waals surface area contributed by atoms with E-state index in [-0.39, 0.29) is 50.6 Å². The van der Waals surface area contributed by atoms with E-state index in [1.54, 1.807) is 0 Å². The molecule has 3 saturated heterocycles. The molecule has 1 aromatic heterocycles. The Kier molecular flexibility index (Phi) is 6.86. The summed E-state index contributed by atoms with van der Waals surface area (Å²) in [5, 5.41) is 0.287. The number of halogens is 3. The van der Waals surface area contributed by atoms with E-state index in [2.05, 4.69) is 25.8 Å². The maximum absolute atomic E-state index is 15.4. The molecule has 2 aliphatic carbocycles. The second-order valence-electron chi connectivity index (χ2n) is 13.9. The molecule has 5 aliphatic rings. The van der Waals surface area contributed by atoms with Crippen LogP contribution in [-0.2, 0) is 9.47 Å². The summed E-state index contributed by atoms with van der Waals surface area (Å²) in [5.41, 5.74) is -0.491. The van der Waals surface area contributed by atoms with E-state index in [4.69, 9.17) is 19.2 Å². The van der Waals surface area contributed by atoms with Gasteiger partial charge >= 0.3 is 12.1 Å². The summed E-state index contributed by atoms with van der Waals surface area (Å²) in [6.45, 7) is 10.5. The lowest BCUT2D eigenvalue weighted by atomic mass is 10.1. The lowest BCUT2D eigenvalue weighted by molar-refractivity contribution is -0.0532. The molecule has 4 heterocycles. The highest BCUT2D eigenvalue weighted by atomic mass is 79.9. The first kappa shape index (κ1) is 28.5. The summed E-state index contributed by atoms with van der Waals surface area (Å²) in [4.78, 5) is 28.5. The Bertz CT molecular complexity index is 1400. The summed E-state index contributed by atoms with van der Waals surface area (Å²) >= 11 is 3.03. The molecule has 42 heavy (non-hydrogen) atoms. The minimum Gasteiger partial charge on any atom is -0.463 e. The first-order valence-electron chi connectivity index (χ1n) is 15.0. The normalized spacial score (nSPS) is 26.1. The molecule has 3 aliphatic heterocycles. The second-order valence-corrected chi connectivity index (χ2v) is 14.7. The number of anilines is 1. The van der Waals surface area contributed by atoms with Crippen LogP contribution in [0.3, 0.4) is 0 Å². The second kappa shape index (κ2) is 10.1. The van der Waals surface area contributed by atoms with E-state index in [1.807, 2.05) is 30.6 Å². The molecule has 2 saturated carbocycles. The number of carbonyl (C=O) groups is 1. The van der Waals surface area contributed by atoms with Crippen LogP contribution in [0.2, 0.25) is 0 Å². The molecular weight excluding hydrogens is 612 g/mol. The Morgan fingerprint density at radius 1 is 1.14 bits per heavy atom. The molecule has 9 nitrogen and oxygen atoms in total. The molecule has 1 amide bonds. The summed E-state index contributed by atoms with van der Waals surface area (Å²) in [7, 11) is 0. The number of hydrogen-bond donors (Lipinski definition) is 0. The molecular formula is C30H38BrF2N5O4. The first-order chi connectivity index (χ1) is 19.9. The number of piperazine rings is 1. The van der Waals surface area contributed by atoms with Crippen molar-refractivity contribution in [1.82, 2.24) is 19.8 Å². The molecule has 0 N–H and O–H groups in total. The number of aromatic nitrogens is 2. The van der Waals surface area contributed by atoms with E-state index in [0.29, 0.717) is 25.5 Å². The maximum atomic E-state index is 15.4. The van der Waals surface area contributed by atoms with Crippen LogP contribution < -0.4 is 9.64 Å². The van der Waals surface area contributed by atoms with Crippen molar-refractivity contribution in [1.29, 1.82) is 0 Å². The number of carbonyl (C=O) groups excluding carboxylic acids is 1. The van der Waals surface area contributed by atoms with Gasteiger partial charge in [0.1, 0.15) is 22.8 Å². The highest BCUT2D eigenvalue weighted by molar-refractivity contribution is 9.10. The van der Waals surface area contributed by atoms with Crippen molar-refractivity contribution in [2.75, 3.05) is 50.8 Å². The molecule has 7 rings (SSSR count). The highest BCUT2D eigenvalue weighted by Gasteiger charge is 2.51. The lowest BCUT2D eigenvalue weighted by Gasteiger charge is -2.42. The molecule has 12 heteroatoms. The summed E-state index contributed by atoms with van der Waals surface area (Å²) in [5.74, 6) is -1.07. The van der Waals surface area contributed by atoms with Gasteiger partial charge < -0.3 is 19.1 Å². The Hall–Kier alpha value is -2.31. The number of nitrogens with zero attached hydrogens (tertiary/aromatic N) is 5. The monoisotopic (exact) mass is 649 g/mol. The van der Waals surface area contributed by atoms with Gasteiger partial charge in [-0.05, 0) is 81.3 Å². The Morgan fingerprint density at radius 2 is 1.86 bits per heavy atom. The SMILES string of the molecule is CC(C)(C)OC(=O)N1C2CCC1CN(c1nc(OCC3(CN4CCOC5(CC5)C4)CC3)nc3c(F)c(Br)c(F)cc13)C2. The van der Waals surface area contributed by atoms with E-state index >= 15 is 4.39 Å². The van der Waals surface area contributed by atoms with Crippen LogP contribution in [0.15, 0.2) is 10.5 Å². The average Bonchev–Trinajstić information content (AvgIpc) is 3.85. The number of amides is 1. The fourth-order valence-electron chi connectivity index (χ4n) is 6.85. The number of morpholine rings is 1. The molecule has 2 atom stereocenters. The fourth-order valence-corrected chi connectivity index (χ4v) is 7.15. The van der Waals surface area contributed by atoms with Gasteiger partial charge in [-0.2, -0.15) is 9.97 Å². The third-order valence-electron chi connectivity index (χ3n) is 9.33. The quantitative estimate of drug-likeness (QED) is 0.391. The van der Waals surface area contributed by atoms with Crippen molar-refractivity contribution >= 4 is 38.7 Å². The predicted molar refractivity (Wildman–Crippen MR) is 156 cm³/mol. The van der Waals surface area contributed by atoms with Crippen LogP contribution in [0.5, 0.6) is 6.01 Å². The first-order valence-corrected chi connectivity index (χ1v) is 15.8. The molecule has 2 bridgehead atoms. The van der Waals surface area contributed by atoms with Crippen molar-refractivity contribution < 1.29 is 27.8 Å². The van der Waals surface area contributed by atoms with E-state index < -0.39 is 17.2 Å². The van der Waals surface area contributed by atoms with Gasteiger partial charge in [0.25, 0.3) is 0 Å². The fraction of sp³-hybridized carbons (Fsp3) is 0.700. The summed E-state index contributed by atoms with van der Waals surface area (Å²) < 4.78 is 47.8. The number of rotatable bonds is 6. The Labute approximate surface area is 253 Å². The van der Waals surface area contributed by atoms with Gasteiger partial charge in [0.15, 0.2) is 5.82 Å². The minimum atomic E-state index is -0.780. The van der Waals surface area contributed by atoms with Crippen LogP contribution in [0.4, 0.5) is 19.4 Å². The molecule has 1 spiro atoms. The molecule has 2 aromatic rings. The zero-order valence-corrected chi connectivity index (χ0v) is 26.0. The van der Waals surface area contributed by atoms with Crippen molar-refractivity contribution in [2.24, 2.45) is 5.41 Å². The van der Waals surface area contributed by atoms with Crippen molar-refractivity contribution in [3.8, 4) is 6.01 Å². The number of fused-ring (bicyclic) bond motifs is 3. The van der Waals surface area contributed by atoms with Crippen molar-refractivity contribution in [2.45, 2.75) is 82.6 Å². The largest absolute Gasteiger partial charge is 0.463 e. The third kappa shape index (κ3) is 5.43. The van der Waals surface area contributed by atoms with Gasteiger partial charge in [-0.1, -0.05) is 0 Å². The smallest absolute Gasteiger partial charge is 0.410 e. The predicted octanol–water partition coefficient (Wildman–Crippen LogP) is 5.28. The molecule has 1 aromatic carbocycles. The molecule has 0 radical (unpaired) electrons. The van der Waals surface area contributed by atoms with E-state index in [1.165, 1.54) is 6.07 Å². The minimum absolute atomic E-state index is 0.0129. The maximum Gasteiger partial charge on any atom is 0.410 e. The highest BCUT2D eigenvalue weighted by Crippen LogP contribution is 2.49. The van der Waals surface area contributed by atoms with Crippen molar-refractivity contribution in [3.63, 3.8) is 0 Å². The lowest BCUT2D eigenvalue weighted by Crippen LogP contribution is -2.57. The number of ether oxygens (including phenoxy) is 3. The Morgan fingerprint density at radius 3 is 2.50 bits per heavy atom. The number of hydrogen-bond acceptors (Lipinski definition) is 8. The van der Waals surface area contributed by atoms with Gasteiger partial charge in [-0.25, -0.2) is 13.6 Å². The summed E-state index contributed by atoms with van der Waals surface area (Å²) in [6, 6.07) is 1.19. The van der Waals surface area contributed by atoms with Gasteiger partial charge in [0.05, 0.1) is 35.4 Å². The van der Waals surface area contributed by atoms with Crippen LogP contribution in [0.1, 0.15) is 59.3 Å². The van der Waals surface area contributed by atoms with Gasteiger partial charge in [0, 0.05) is 43.5 Å². The van der Waals surface area contributed by atoms with Gasteiger partial charge in [-0.15, -0.1) is 0 Å². The van der Waals surface area contributed by atoms with Crippen LogP contribution in [0.25, 0.3) is 10.9 Å². The van der Waals surface area contributed by atoms with Gasteiger partial charge in [-0.3, -0.25) is 9.80 Å². The zero-order chi connectivity index (χ0) is 29.4. The van der Waals surface area contributed by atoms with Crippen LogP contribution in [-0.4, -0.2) is 95.1 Å². The van der Waals surface area contributed by atoms with E-state index in [0.717, 1.165) is 64.8 Å². The van der Waals surface area contributed by atoms with E-state index in [9.17, 15) is 9.18 Å². The average molecular weight is 651 g/mol. The van der Waals surface area contributed by atoms with Crippen LogP contribution >= 0.6 is 15.9 Å². The molecule has 228 valence electrons. The topological polar surface area (TPSA) is 80.3 Å². The zero-order valence-electron chi connectivity index (χ0n) is 24.4. The van der Waals surface area contributed by atoms with Crippen molar-refractivity contribution in [3.05, 3.63) is 22.2 Å². The standard InChI is InChI=1S/C30H38BrF2N5O4/c1-28(2,3)42-27(39)38-18-4-5-19(38)14-37(13-18)25-20-12-21(32)22(31)23(33)24(20)34-26(35-25)40-17-29(6-7-29)15-36-10-11-41-30(16-36)8-9-30/h12,18-19H,4-11,13-17H2,1-3H3. The number of benzene rings is 1.